The number of thioether (sulfide) groups is 1. The quantitative estimate of drug-likeness (QED) is 0.264. The van der Waals surface area contributed by atoms with E-state index >= 15 is 0 Å². The summed E-state index contributed by atoms with van der Waals surface area (Å²) in [5, 5.41) is 0.964. The molecule has 0 saturated carbocycles. The van der Waals surface area contributed by atoms with Gasteiger partial charge in [-0.3, -0.25) is 9.69 Å². The van der Waals surface area contributed by atoms with Gasteiger partial charge in [0.25, 0.3) is 5.91 Å². The molecule has 31 heavy (non-hydrogen) atoms. The van der Waals surface area contributed by atoms with Gasteiger partial charge in [0.05, 0.1) is 26.5 Å². The molecule has 164 valence electrons. The first-order valence-corrected chi connectivity index (χ1v) is 12.2. The van der Waals surface area contributed by atoms with Gasteiger partial charge >= 0.3 is 0 Å². The zero-order valence-corrected chi connectivity index (χ0v) is 21.8. The first-order chi connectivity index (χ1) is 14.7. The summed E-state index contributed by atoms with van der Waals surface area (Å²) in [7, 11) is 1.57. The van der Waals surface area contributed by atoms with E-state index in [9.17, 15) is 4.79 Å². The van der Waals surface area contributed by atoms with E-state index in [0.29, 0.717) is 54.3 Å². The third kappa shape index (κ3) is 5.96. The molecular weight excluding hydrogens is 541 g/mol. The van der Waals surface area contributed by atoms with Gasteiger partial charge in [-0.15, -0.1) is 0 Å². The van der Waals surface area contributed by atoms with Crippen LogP contribution in [-0.2, 0) is 11.4 Å². The molecule has 0 bridgehead atoms. The summed E-state index contributed by atoms with van der Waals surface area (Å²) in [5.74, 6) is 1.36. The van der Waals surface area contributed by atoms with Gasteiger partial charge in [0.2, 0.25) is 0 Å². The maximum atomic E-state index is 12.7. The van der Waals surface area contributed by atoms with E-state index in [1.807, 2.05) is 24.3 Å². The van der Waals surface area contributed by atoms with Crippen LogP contribution in [-0.4, -0.2) is 28.8 Å². The number of thiocarbonyl (C=S) groups is 1. The van der Waals surface area contributed by atoms with Crippen LogP contribution in [0, 0.1) is 5.92 Å². The van der Waals surface area contributed by atoms with Crippen LogP contribution in [0.5, 0.6) is 11.5 Å². The first kappa shape index (κ1) is 24.4. The number of methoxy groups -OCH3 is 1. The molecule has 0 radical (unpaired) electrons. The van der Waals surface area contributed by atoms with Crippen LogP contribution < -0.4 is 9.47 Å². The Morgan fingerprint density at radius 2 is 1.97 bits per heavy atom. The maximum Gasteiger partial charge on any atom is 0.266 e. The zero-order chi connectivity index (χ0) is 22.7. The number of hydrogen-bond donors (Lipinski definition) is 0. The second kappa shape index (κ2) is 10.6. The Kier molecular flexibility index (Phi) is 8.32. The number of nitrogens with zero attached hydrogens (tertiary/aromatic N) is 1. The molecule has 0 spiro atoms. The highest BCUT2D eigenvalue weighted by molar-refractivity contribution is 9.10. The summed E-state index contributed by atoms with van der Waals surface area (Å²) in [5.41, 5.74) is 1.68. The number of benzene rings is 2. The van der Waals surface area contributed by atoms with Crippen LogP contribution in [0.15, 0.2) is 39.7 Å². The van der Waals surface area contributed by atoms with Crippen molar-refractivity contribution >= 4 is 79.4 Å². The van der Waals surface area contributed by atoms with Gasteiger partial charge in [0.15, 0.2) is 11.5 Å². The first-order valence-electron chi connectivity index (χ1n) is 9.39. The molecule has 2 aromatic rings. The van der Waals surface area contributed by atoms with Gasteiger partial charge in [-0.25, -0.2) is 0 Å². The normalized spacial score (nSPS) is 15.3. The number of ether oxygens (including phenoxy) is 2. The molecule has 1 fully saturated rings. The molecule has 1 heterocycles. The standard InChI is InChI=1S/C22H20BrCl2NO3S2/c1-12(2)10-26-21(27)19(31-22(26)30)9-14-6-15(23)20(18(8-14)28-3)29-11-13-4-5-16(24)17(25)7-13/h4-9,12H,10-11H2,1-3H3/b19-9-. The number of carbonyl (C=O) groups excluding carboxylic acids is 1. The van der Waals surface area contributed by atoms with Crippen LogP contribution in [0.25, 0.3) is 6.08 Å². The van der Waals surface area contributed by atoms with Crippen LogP contribution in [0.1, 0.15) is 25.0 Å². The van der Waals surface area contributed by atoms with Crippen LogP contribution in [0.4, 0.5) is 0 Å². The summed E-state index contributed by atoms with van der Waals surface area (Å²) < 4.78 is 12.8. The lowest BCUT2D eigenvalue weighted by Gasteiger charge is -2.16. The molecule has 0 aromatic heterocycles. The Morgan fingerprint density at radius 3 is 2.61 bits per heavy atom. The topological polar surface area (TPSA) is 38.8 Å². The molecule has 4 nitrogen and oxygen atoms in total. The molecule has 0 aliphatic carbocycles. The number of halogens is 3. The molecule has 2 aromatic carbocycles. The van der Waals surface area contributed by atoms with Crippen LogP contribution in [0.3, 0.4) is 0 Å². The minimum Gasteiger partial charge on any atom is -0.493 e. The Bertz CT molecular complexity index is 1060. The van der Waals surface area contributed by atoms with Crippen molar-refractivity contribution in [2.75, 3.05) is 13.7 Å². The van der Waals surface area contributed by atoms with Gasteiger partial charge in [0, 0.05) is 6.54 Å². The third-order valence-corrected chi connectivity index (χ3v) is 7.04. The van der Waals surface area contributed by atoms with Gasteiger partial charge in [0.1, 0.15) is 10.9 Å². The van der Waals surface area contributed by atoms with Gasteiger partial charge < -0.3 is 9.47 Å². The predicted molar refractivity (Wildman–Crippen MR) is 136 cm³/mol. The minimum atomic E-state index is -0.0706. The largest absolute Gasteiger partial charge is 0.493 e. The van der Waals surface area contributed by atoms with Crippen LogP contribution in [0.2, 0.25) is 10.0 Å². The smallest absolute Gasteiger partial charge is 0.266 e. The Morgan fingerprint density at radius 1 is 1.23 bits per heavy atom. The average Bonchev–Trinajstić information content (AvgIpc) is 2.96. The summed E-state index contributed by atoms with van der Waals surface area (Å²) >= 11 is 22.3. The molecular formula is C22H20BrCl2NO3S2. The van der Waals surface area contributed by atoms with Gasteiger partial charge in [-0.05, 0) is 63.3 Å². The molecule has 1 saturated heterocycles. The highest BCUT2D eigenvalue weighted by atomic mass is 79.9. The van der Waals surface area contributed by atoms with E-state index in [-0.39, 0.29) is 5.91 Å². The van der Waals surface area contributed by atoms with E-state index < -0.39 is 0 Å². The molecule has 9 heteroatoms. The summed E-state index contributed by atoms with van der Waals surface area (Å²) in [6.07, 6.45) is 1.82. The summed E-state index contributed by atoms with van der Waals surface area (Å²) in [6, 6.07) is 9.04. The summed E-state index contributed by atoms with van der Waals surface area (Å²) in [6.45, 7) is 5.01. The van der Waals surface area contributed by atoms with Crippen LogP contribution >= 0.6 is 63.1 Å². The van der Waals surface area contributed by atoms with Crippen molar-refractivity contribution in [3.8, 4) is 11.5 Å². The highest BCUT2D eigenvalue weighted by Gasteiger charge is 2.32. The van der Waals surface area contributed by atoms with E-state index in [0.717, 1.165) is 11.1 Å². The van der Waals surface area contributed by atoms with Crippen molar-refractivity contribution in [2.45, 2.75) is 20.5 Å². The van der Waals surface area contributed by atoms with Crippen molar-refractivity contribution in [1.82, 2.24) is 4.90 Å². The van der Waals surface area contributed by atoms with E-state index in [1.54, 1.807) is 24.1 Å². The third-order valence-electron chi connectivity index (χ3n) is 4.34. The van der Waals surface area contributed by atoms with E-state index in [2.05, 4.69) is 29.8 Å². The van der Waals surface area contributed by atoms with Crippen molar-refractivity contribution < 1.29 is 14.3 Å². The van der Waals surface area contributed by atoms with E-state index in [4.69, 9.17) is 44.9 Å². The second-order valence-electron chi connectivity index (χ2n) is 7.26. The molecule has 1 aliphatic rings. The van der Waals surface area contributed by atoms with Crippen molar-refractivity contribution in [3.63, 3.8) is 0 Å². The lowest BCUT2D eigenvalue weighted by atomic mass is 10.1. The van der Waals surface area contributed by atoms with E-state index in [1.165, 1.54) is 11.8 Å². The lowest BCUT2D eigenvalue weighted by Crippen LogP contribution is -2.31. The molecule has 1 amide bonds. The predicted octanol–water partition coefficient (Wildman–Crippen LogP) is 7.20. The number of rotatable bonds is 7. The SMILES string of the molecule is COc1cc(/C=C2\SC(=S)N(CC(C)C)C2=O)cc(Br)c1OCc1ccc(Cl)c(Cl)c1. The number of amides is 1. The second-order valence-corrected chi connectivity index (χ2v) is 10.6. The fourth-order valence-corrected chi connectivity index (χ4v) is 5.09. The molecule has 1 aliphatic heterocycles. The fourth-order valence-electron chi connectivity index (χ4n) is 2.92. The number of hydrogen-bond acceptors (Lipinski definition) is 5. The lowest BCUT2D eigenvalue weighted by molar-refractivity contribution is -0.122. The number of carbonyl (C=O) groups is 1. The summed E-state index contributed by atoms with van der Waals surface area (Å²) in [4.78, 5) is 15.0. The molecule has 0 unspecified atom stereocenters. The maximum absolute atomic E-state index is 12.7. The van der Waals surface area contributed by atoms with Crippen molar-refractivity contribution in [2.24, 2.45) is 5.92 Å². The Hall–Kier alpha value is -1.25. The molecule has 0 atom stereocenters. The minimum absolute atomic E-state index is 0.0706. The fraction of sp³-hybridized carbons (Fsp3) is 0.273. The van der Waals surface area contributed by atoms with Gasteiger partial charge in [-0.2, -0.15) is 0 Å². The monoisotopic (exact) mass is 559 g/mol. The zero-order valence-electron chi connectivity index (χ0n) is 17.1. The Balaban J connectivity index is 1.82. The highest BCUT2D eigenvalue weighted by Crippen LogP contribution is 2.40. The Labute approximate surface area is 210 Å². The average molecular weight is 561 g/mol. The molecule has 0 N–H and O–H groups in total. The van der Waals surface area contributed by atoms with Crippen molar-refractivity contribution in [3.05, 3.63) is 60.9 Å². The van der Waals surface area contributed by atoms with Gasteiger partial charge in [-0.1, -0.05) is 67.1 Å². The molecule has 3 rings (SSSR count). The van der Waals surface area contributed by atoms with Crippen molar-refractivity contribution in [1.29, 1.82) is 0 Å².